The molecule has 0 bridgehead atoms. The molecule has 0 aliphatic rings. The number of ether oxygens (including phenoxy) is 1. The summed E-state index contributed by atoms with van der Waals surface area (Å²) in [4.78, 5) is 0. The second kappa shape index (κ2) is 10.2. The molecule has 5 heteroatoms. The highest BCUT2D eigenvalue weighted by Gasteiger charge is 2.00. The van der Waals surface area contributed by atoms with Gasteiger partial charge in [-0.3, -0.25) is 4.21 Å². The molecule has 1 atom stereocenters. The number of hydrogen-bond acceptors (Lipinski definition) is 4. The van der Waals surface area contributed by atoms with Gasteiger partial charge in [-0.25, -0.2) is 0 Å². The molecule has 1 aromatic carbocycles. The first-order valence-electron chi connectivity index (χ1n) is 5.78. The Kier molecular flexibility index (Phi) is 8.79. The second-order valence-electron chi connectivity index (χ2n) is 3.64. The Labute approximate surface area is 125 Å². The first-order chi connectivity index (χ1) is 9.26. The van der Waals surface area contributed by atoms with Gasteiger partial charge in [0, 0.05) is 28.1 Å². The van der Waals surface area contributed by atoms with Gasteiger partial charge in [0.25, 0.3) is 0 Å². The Morgan fingerprint density at radius 3 is 2.74 bits per heavy atom. The van der Waals surface area contributed by atoms with Crippen LogP contribution < -0.4 is 4.74 Å². The van der Waals surface area contributed by atoms with Gasteiger partial charge < -0.3 is 4.74 Å². The van der Waals surface area contributed by atoms with Gasteiger partial charge in [0.05, 0.1) is 7.11 Å². The largest absolute Gasteiger partial charge is 0.497 e. The van der Waals surface area contributed by atoms with E-state index in [4.69, 9.17) is 4.74 Å². The first-order valence-corrected chi connectivity index (χ1v) is 9.65. The summed E-state index contributed by atoms with van der Waals surface area (Å²) in [6.07, 6.45) is 3.83. The van der Waals surface area contributed by atoms with Crippen LogP contribution in [0.15, 0.2) is 48.4 Å². The zero-order chi connectivity index (χ0) is 13.9. The molecule has 0 heterocycles. The molecule has 0 radical (unpaired) electrons. The van der Waals surface area contributed by atoms with Crippen molar-refractivity contribution in [1.82, 2.24) is 0 Å². The minimum atomic E-state index is -0.857. The highest BCUT2D eigenvalue weighted by atomic mass is 33.1. The molecule has 0 aromatic heterocycles. The molecule has 19 heavy (non-hydrogen) atoms. The predicted octanol–water partition coefficient (Wildman–Crippen LogP) is 4.03. The van der Waals surface area contributed by atoms with Gasteiger partial charge in [0.15, 0.2) is 0 Å². The van der Waals surface area contributed by atoms with Crippen molar-refractivity contribution in [3.8, 4) is 5.75 Å². The fourth-order valence-electron chi connectivity index (χ4n) is 1.28. The zero-order valence-corrected chi connectivity index (χ0v) is 13.4. The Morgan fingerprint density at radius 2 is 2.11 bits per heavy atom. The van der Waals surface area contributed by atoms with Gasteiger partial charge >= 0.3 is 0 Å². The molecule has 0 amide bonds. The SMILES string of the molecule is C=CCSS/C=C\CS(=O)Cc1ccc(OC)cc1. The minimum Gasteiger partial charge on any atom is -0.497 e. The van der Waals surface area contributed by atoms with Crippen LogP contribution in [0.2, 0.25) is 0 Å². The lowest BCUT2D eigenvalue weighted by molar-refractivity contribution is 0.414. The van der Waals surface area contributed by atoms with Gasteiger partial charge in [-0.05, 0) is 23.1 Å². The fraction of sp³-hybridized carbons (Fsp3) is 0.286. The van der Waals surface area contributed by atoms with E-state index >= 15 is 0 Å². The van der Waals surface area contributed by atoms with Gasteiger partial charge in [-0.1, -0.05) is 45.9 Å². The third-order valence-corrected chi connectivity index (χ3v) is 5.36. The van der Waals surface area contributed by atoms with Crippen molar-refractivity contribution in [1.29, 1.82) is 0 Å². The third-order valence-electron chi connectivity index (χ3n) is 2.17. The summed E-state index contributed by atoms with van der Waals surface area (Å²) in [6, 6.07) is 7.69. The summed E-state index contributed by atoms with van der Waals surface area (Å²) in [7, 11) is 4.14. The summed E-state index contributed by atoms with van der Waals surface area (Å²) >= 11 is 0. The molecule has 0 saturated heterocycles. The smallest absolute Gasteiger partial charge is 0.118 e. The maximum atomic E-state index is 11.9. The van der Waals surface area contributed by atoms with Crippen molar-refractivity contribution in [2.24, 2.45) is 0 Å². The lowest BCUT2D eigenvalue weighted by Gasteiger charge is -2.02. The molecule has 0 aliphatic carbocycles. The summed E-state index contributed by atoms with van der Waals surface area (Å²) in [5.41, 5.74) is 1.07. The van der Waals surface area contributed by atoms with Crippen LogP contribution in [0.25, 0.3) is 0 Å². The van der Waals surface area contributed by atoms with Crippen LogP contribution in [0.3, 0.4) is 0 Å². The van der Waals surface area contributed by atoms with Crippen molar-refractivity contribution in [2.45, 2.75) is 5.75 Å². The molecular formula is C14H18O2S3. The van der Waals surface area contributed by atoms with Gasteiger partial charge in [-0.15, -0.1) is 6.58 Å². The molecule has 0 N–H and O–H groups in total. The van der Waals surface area contributed by atoms with Gasteiger partial charge in [0.1, 0.15) is 5.75 Å². The van der Waals surface area contributed by atoms with Crippen molar-refractivity contribution in [3.05, 3.63) is 54.0 Å². The van der Waals surface area contributed by atoms with E-state index in [0.29, 0.717) is 11.5 Å². The monoisotopic (exact) mass is 314 g/mol. The maximum absolute atomic E-state index is 11.9. The molecule has 104 valence electrons. The predicted molar refractivity (Wildman–Crippen MR) is 89.1 cm³/mol. The lowest BCUT2D eigenvalue weighted by atomic mass is 10.2. The van der Waals surface area contributed by atoms with E-state index < -0.39 is 10.8 Å². The van der Waals surface area contributed by atoms with Crippen molar-refractivity contribution < 1.29 is 8.95 Å². The van der Waals surface area contributed by atoms with Crippen molar-refractivity contribution >= 4 is 32.4 Å². The maximum Gasteiger partial charge on any atom is 0.118 e. The molecule has 1 aromatic rings. The van der Waals surface area contributed by atoms with Crippen LogP contribution >= 0.6 is 21.6 Å². The van der Waals surface area contributed by atoms with Gasteiger partial charge in [-0.2, -0.15) is 0 Å². The summed E-state index contributed by atoms with van der Waals surface area (Å²) in [5.74, 6) is 2.92. The van der Waals surface area contributed by atoms with E-state index in [9.17, 15) is 4.21 Å². The zero-order valence-electron chi connectivity index (χ0n) is 10.9. The van der Waals surface area contributed by atoms with E-state index in [-0.39, 0.29) is 0 Å². The number of methoxy groups -OCH3 is 1. The Hall–Kier alpha value is -0.650. The molecule has 0 saturated carbocycles. The van der Waals surface area contributed by atoms with E-state index in [0.717, 1.165) is 17.1 Å². The Bertz CT molecular complexity index is 427. The van der Waals surface area contributed by atoms with Crippen LogP contribution in [0, 0.1) is 0 Å². The fourth-order valence-corrected chi connectivity index (χ4v) is 3.82. The Morgan fingerprint density at radius 1 is 1.37 bits per heavy atom. The van der Waals surface area contributed by atoms with Gasteiger partial charge in [0.2, 0.25) is 0 Å². The Balaban J connectivity index is 2.28. The van der Waals surface area contributed by atoms with E-state index in [1.807, 2.05) is 41.8 Å². The molecule has 0 aliphatic heterocycles. The van der Waals surface area contributed by atoms with Crippen LogP contribution in [0.1, 0.15) is 5.56 Å². The van der Waals surface area contributed by atoms with E-state index in [1.165, 1.54) is 0 Å². The summed E-state index contributed by atoms with van der Waals surface area (Å²) in [6.45, 7) is 3.65. The highest BCUT2D eigenvalue weighted by Crippen LogP contribution is 2.22. The number of benzene rings is 1. The van der Waals surface area contributed by atoms with Crippen LogP contribution in [-0.4, -0.2) is 22.8 Å². The quantitative estimate of drug-likeness (QED) is 0.390. The van der Waals surface area contributed by atoms with Crippen molar-refractivity contribution in [3.63, 3.8) is 0 Å². The average Bonchev–Trinajstić information content (AvgIpc) is 2.43. The molecule has 2 nitrogen and oxygen atoms in total. The number of rotatable bonds is 9. The van der Waals surface area contributed by atoms with Crippen LogP contribution in [-0.2, 0) is 16.6 Å². The molecule has 1 unspecified atom stereocenters. The molecule has 1 rings (SSSR count). The van der Waals surface area contributed by atoms with Crippen molar-refractivity contribution in [2.75, 3.05) is 18.6 Å². The molecule has 0 spiro atoms. The van der Waals surface area contributed by atoms with E-state index in [1.54, 1.807) is 28.7 Å². The summed E-state index contributed by atoms with van der Waals surface area (Å²) < 4.78 is 16.9. The number of hydrogen-bond donors (Lipinski definition) is 0. The molecule has 0 fully saturated rings. The first kappa shape index (κ1) is 16.4. The highest BCUT2D eigenvalue weighted by molar-refractivity contribution is 8.77. The topological polar surface area (TPSA) is 26.3 Å². The average molecular weight is 314 g/mol. The lowest BCUT2D eigenvalue weighted by Crippen LogP contribution is -1.98. The molecular weight excluding hydrogens is 296 g/mol. The second-order valence-corrected chi connectivity index (χ2v) is 7.46. The minimum absolute atomic E-state index is 0.582. The third kappa shape index (κ3) is 7.50. The van der Waals surface area contributed by atoms with Crippen LogP contribution in [0.4, 0.5) is 0 Å². The van der Waals surface area contributed by atoms with E-state index in [2.05, 4.69) is 6.58 Å². The normalized spacial score (nSPS) is 12.5. The van der Waals surface area contributed by atoms with Crippen LogP contribution in [0.5, 0.6) is 5.75 Å². The summed E-state index contributed by atoms with van der Waals surface area (Å²) in [5, 5.41) is 1.99. The standard InChI is InChI=1S/C14H18O2S3/c1-3-9-17-18-10-4-11-19(15)12-13-5-7-14(16-2)8-6-13/h3-8,10H,1,9,11-12H2,2H3/b10-4-.